The number of fused-ring (bicyclic) bond motifs is 1. The molecule has 0 bridgehead atoms. The minimum atomic E-state index is -0.0841. The van der Waals surface area contributed by atoms with Crippen molar-refractivity contribution in [1.29, 1.82) is 0 Å². The van der Waals surface area contributed by atoms with Gasteiger partial charge in [0.1, 0.15) is 17.5 Å². The maximum absolute atomic E-state index is 12.0. The summed E-state index contributed by atoms with van der Waals surface area (Å²) in [6.07, 6.45) is 2.39. The van der Waals surface area contributed by atoms with E-state index in [4.69, 9.17) is 4.74 Å². The van der Waals surface area contributed by atoms with Crippen LogP contribution >= 0.6 is 0 Å². The van der Waals surface area contributed by atoms with Gasteiger partial charge in [0.15, 0.2) is 0 Å². The van der Waals surface area contributed by atoms with Crippen LogP contribution in [0.15, 0.2) is 30.3 Å². The number of hydrogen-bond donors (Lipinski definition) is 0. The van der Waals surface area contributed by atoms with Crippen molar-refractivity contribution in [2.75, 3.05) is 27.2 Å². The second-order valence-corrected chi connectivity index (χ2v) is 7.20. The van der Waals surface area contributed by atoms with Crippen molar-refractivity contribution in [3.63, 3.8) is 0 Å². The molecule has 1 aliphatic heterocycles. The van der Waals surface area contributed by atoms with Crippen molar-refractivity contribution in [1.82, 2.24) is 14.8 Å². The van der Waals surface area contributed by atoms with Crippen LogP contribution in [0.3, 0.4) is 0 Å². The molecule has 1 fully saturated rings. The van der Waals surface area contributed by atoms with Gasteiger partial charge in [-0.1, -0.05) is 6.07 Å². The molecular formula is C20H27N3O2. The molecule has 0 atom stereocenters. The second-order valence-electron chi connectivity index (χ2n) is 7.20. The molecule has 5 heteroatoms. The van der Waals surface area contributed by atoms with Gasteiger partial charge in [-0.25, -0.2) is 4.98 Å². The number of carbonyl (C=O) groups is 1. The zero-order valence-electron chi connectivity index (χ0n) is 15.5. The molecule has 2 heterocycles. The van der Waals surface area contributed by atoms with Crippen molar-refractivity contribution >= 4 is 16.8 Å². The predicted octanol–water partition coefficient (Wildman–Crippen LogP) is 3.19. The van der Waals surface area contributed by atoms with Gasteiger partial charge in [-0.15, -0.1) is 0 Å². The number of rotatable bonds is 4. The Kier molecular flexibility index (Phi) is 5.23. The van der Waals surface area contributed by atoms with Crippen LogP contribution in [-0.2, 0) is 0 Å². The minimum absolute atomic E-state index is 0.0841. The molecule has 0 unspecified atom stereocenters. The van der Waals surface area contributed by atoms with Gasteiger partial charge in [0.2, 0.25) is 0 Å². The van der Waals surface area contributed by atoms with Crippen LogP contribution in [0.2, 0.25) is 0 Å². The molecule has 0 spiro atoms. The molecule has 0 aliphatic carbocycles. The SMILES string of the molecule is CC(C)N1CCC(Oc2ccc3nc(C(=O)N(C)C)ccc3c2)CC1. The maximum Gasteiger partial charge on any atom is 0.271 e. The number of carbonyl (C=O) groups excluding carboxylic acids is 1. The topological polar surface area (TPSA) is 45.7 Å². The van der Waals surface area contributed by atoms with E-state index in [-0.39, 0.29) is 12.0 Å². The van der Waals surface area contributed by atoms with Crippen molar-refractivity contribution in [3.05, 3.63) is 36.0 Å². The van der Waals surface area contributed by atoms with Crippen LogP contribution in [-0.4, -0.2) is 60.0 Å². The summed E-state index contributed by atoms with van der Waals surface area (Å²) in [6.45, 7) is 6.67. The normalized spacial score (nSPS) is 16.4. The molecule has 1 aromatic carbocycles. The van der Waals surface area contributed by atoms with Crippen molar-refractivity contribution in [2.45, 2.75) is 38.8 Å². The zero-order valence-corrected chi connectivity index (χ0v) is 15.5. The fourth-order valence-electron chi connectivity index (χ4n) is 3.23. The number of hydrogen-bond acceptors (Lipinski definition) is 4. The highest BCUT2D eigenvalue weighted by atomic mass is 16.5. The van der Waals surface area contributed by atoms with E-state index in [1.807, 2.05) is 24.3 Å². The van der Waals surface area contributed by atoms with E-state index in [0.717, 1.165) is 42.6 Å². The molecule has 0 saturated carbocycles. The lowest BCUT2D eigenvalue weighted by atomic mass is 10.1. The van der Waals surface area contributed by atoms with Crippen molar-refractivity contribution in [3.8, 4) is 5.75 Å². The van der Waals surface area contributed by atoms with E-state index < -0.39 is 0 Å². The number of ether oxygens (including phenoxy) is 1. The summed E-state index contributed by atoms with van der Waals surface area (Å²) in [6, 6.07) is 10.2. The van der Waals surface area contributed by atoms with Gasteiger partial charge >= 0.3 is 0 Å². The fourth-order valence-corrected chi connectivity index (χ4v) is 3.23. The van der Waals surface area contributed by atoms with Crippen LogP contribution in [0.1, 0.15) is 37.2 Å². The number of benzene rings is 1. The minimum Gasteiger partial charge on any atom is -0.490 e. The first kappa shape index (κ1) is 17.7. The molecule has 25 heavy (non-hydrogen) atoms. The first-order valence-electron chi connectivity index (χ1n) is 8.97. The summed E-state index contributed by atoms with van der Waals surface area (Å²) in [5.74, 6) is 0.795. The van der Waals surface area contributed by atoms with Gasteiger partial charge in [-0.2, -0.15) is 0 Å². The molecule has 1 saturated heterocycles. The van der Waals surface area contributed by atoms with Crippen molar-refractivity contribution < 1.29 is 9.53 Å². The third kappa shape index (κ3) is 4.10. The highest BCUT2D eigenvalue weighted by Gasteiger charge is 2.22. The Morgan fingerprint density at radius 2 is 1.92 bits per heavy atom. The van der Waals surface area contributed by atoms with Crippen LogP contribution in [0.5, 0.6) is 5.75 Å². The monoisotopic (exact) mass is 341 g/mol. The quantitative estimate of drug-likeness (QED) is 0.857. The zero-order chi connectivity index (χ0) is 18.0. The average Bonchev–Trinajstić information content (AvgIpc) is 2.61. The molecule has 5 nitrogen and oxygen atoms in total. The first-order chi connectivity index (χ1) is 11.9. The van der Waals surface area contributed by atoms with Gasteiger partial charge in [0, 0.05) is 38.6 Å². The van der Waals surface area contributed by atoms with E-state index in [9.17, 15) is 4.79 Å². The second kappa shape index (κ2) is 7.40. The smallest absolute Gasteiger partial charge is 0.271 e. The molecule has 1 aliphatic rings. The van der Waals surface area contributed by atoms with E-state index in [1.54, 1.807) is 20.2 Å². The largest absolute Gasteiger partial charge is 0.490 e. The standard InChI is InChI=1S/C20H27N3O2/c1-14(2)23-11-9-16(10-12-23)25-17-6-8-18-15(13-17)5-7-19(21-18)20(24)22(3)4/h5-8,13-14,16H,9-12H2,1-4H3. The Balaban J connectivity index is 1.70. The fraction of sp³-hybridized carbons (Fsp3) is 0.500. The van der Waals surface area contributed by atoms with E-state index in [0.29, 0.717) is 11.7 Å². The summed E-state index contributed by atoms with van der Waals surface area (Å²) in [5.41, 5.74) is 1.28. The number of aromatic nitrogens is 1. The molecule has 1 amide bonds. The third-order valence-corrected chi connectivity index (χ3v) is 4.80. The molecule has 0 radical (unpaired) electrons. The molecule has 134 valence electrons. The summed E-state index contributed by atoms with van der Waals surface area (Å²) in [5, 5.41) is 0.993. The highest BCUT2D eigenvalue weighted by Crippen LogP contribution is 2.24. The Labute approximate surface area is 149 Å². The Morgan fingerprint density at radius 1 is 1.20 bits per heavy atom. The Bertz CT molecular complexity index is 750. The van der Waals surface area contributed by atoms with Crippen LogP contribution in [0.4, 0.5) is 0 Å². The Morgan fingerprint density at radius 3 is 2.56 bits per heavy atom. The first-order valence-corrected chi connectivity index (χ1v) is 8.97. The number of amides is 1. The summed E-state index contributed by atoms with van der Waals surface area (Å²) in [4.78, 5) is 20.5. The summed E-state index contributed by atoms with van der Waals surface area (Å²) in [7, 11) is 3.46. The number of likely N-dealkylation sites (tertiary alicyclic amines) is 1. The van der Waals surface area contributed by atoms with Gasteiger partial charge < -0.3 is 14.5 Å². The van der Waals surface area contributed by atoms with Gasteiger partial charge in [0.25, 0.3) is 5.91 Å². The number of pyridine rings is 1. The van der Waals surface area contributed by atoms with Crippen molar-refractivity contribution in [2.24, 2.45) is 0 Å². The molecule has 0 N–H and O–H groups in total. The van der Waals surface area contributed by atoms with Crippen LogP contribution < -0.4 is 4.74 Å². The molecular weight excluding hydrogens is 314 g/mol. The number of piperidine rings is 1. The van der Waals surface area contributed by atoms with Crippen LogP contribution in [0, 0.1) is 0 Å². The third-order valence-electron chi connectivity index (χ3n) is 4.80. The van der Waals surface area contributed by atoms with E-state index in [2.05, 4.69) is 23.7 Å². The summed E-state index contributed by atoms with van der Waals surface area (Å²) >= 11 is 0. The number of nitrogens with zero attached hydrogens (tertiary/aromatic N) is 3. The lowest BCUT2D eigenvalue weighted by molar-refractivity contribution is 0.0822. The average molecular weight is 341 g/mol. The lowest BCUT2D eigenvalue weighted by Crippen LogP contribution is -2.41. The van der Waals surface area contributed by atoms with Gasteiger partial charge in [-0.05, 0) is 51.0 Å². The van der Waals surface area contributed by atoms with E-state index in [1.165, 1.54) is 4.90 Å². The van der Waals surface area contributed by atoms with Crippen LogP contribution in [0.25, 0.3) is 10.9 Å². The molecule has 3 rings (SSSR count). The molecule has 2 aromatic rings. The van der Waals surface area contributed by atoms with Gasteiger partial charge in [0.05, 0.1) is 5.52 Å². The maximum atomic E-state index is 12.0. The Hall–Kier alpha value is -2.14. The predicted molar refractivity (Wildman–Crippen MR) is 100 cm³/mol. The highest BCUT2D eigenvalue weighted by molar-refractivity contribution is 5.94. The van der Waals surface area contributed by atoms with Gasteiger partial charge in [-0.3, -0.25) is 4.79 Å². The summed E-state index contributed by atoms with van der Waals surface area (Å²) < 4.78 is 6.18. The molecule has 1 aromatic heterocycles. The lowest BCUT2D eigenvalue weighted by Gasteiger charge is -2.34. The van der Waals surface area contributed by atoms with E-state index >= 15 is 0 Å².